The van der Waals surface area contributed by atoms with Gasteiger partial charge in [0.25, 0.3) is 0 Å². The zero-order valence-corrected chi connectivity index (χ0v) is 17.6. The lowest BCUT2D eigenvalue weighted by atomic mass is 10.1. The van der Waals surface area contributed by atoms with E-state index in [2.05, 4.69) is 20.6 Å². The van der Waals surface area contributed by atoms with Crippen LogP contribution in [0.2, 0.25) is 0 Å². The van der Waals surface area contributed by atoms with E-state index in [1.807, 2.05) is 53.2 Å². The minimum Gasteiger partial charge on any atom is -0.465 e. The minimum atomic E-state index is -0.982. The van der Waals surface area contributed by atoms with Gasteiger partial charge in [0.05, 0.1) is 17.9 Å². The Kier molecular flexibility index (Phi) is 5.58. The van der Waals surface area contributed by atoms with Gasteiger partial charge in [0, 0.05) is 17.2 Å². The van der Waals surface area contributed by atoms with Crippen molar-refractivity contribution in [3.8, 4) is 22.7 Å². The normalized spacial score (nSPS) is 19.4. The molecule has 164 valence electrons. The van der Waals surface area contributed by atoms with Crippen molar-refractivity contribution in [3.63, 3.8) is 0 Å². The monoisotopic (exact) mass is 431 g/mol. The molecule has 2 fully saturated rings. The van der Waals surface area contributed by atoms with Crippen molar-refractivity contribution in [2.45, 2.75) is 50.6 Å². The van der Waals surface area contributed by atoms with E-state index in [0.717, 1.165) is 40.8 Å². The third-order valence-electron chi connectivity index (χ3n) is 5.73. The molecule has 2 aromatic carbocycles. The van der Waals surface area contributed by atoms with Crippen LogP contribution in [0.25, 0.3) is 33.8 Å². The van der Waals surface area contributed by atoms with Crippen LogP contribution in [-0.4, -0.2) is 37.2 Å². The molecule has 2 aliphatic rings. The molecule has 0 unspecified atom stereocenters. The first-order chi connectivity index (χ1) is 15.7. The van der Waals surface area contributed by atoms with Crippen LogP contribution in [0, 0.1) is 0 Å². The fraction of sp³-hybridized carbons (Fsp3) is 0.333. The molecule has 2 saturated carbocycles. The van der Waals surface area contributed by atoms with E-state index in [0.29, 0.717) is 12.3 Å². The molecule has 0 spiro atoms. The number of fused-ring (bicyclic) bond motifs is 1. The summed E-state index contributed by atoms with van der Waals surface area (Å²) in [5, 5.41) is 19.8. The summed E-state index contributed by atoms with van der Waals surface area (Å²) in [7, 11) is 0. The number of amides is 1. The van der Waals surface area contributed by atoms with Crippen LogP contribution in [0.3, 0.4) is 0 Å². The summed E-state index contributed by atoms with van der Waals surface area (Å²) in [6.07, 6.45) is 7.63. The Bertz CT molecular complexity index is 1180. The van der Waals surface area contributed by atoms with Crippen molar-refractivity contribution in [1.29, 1.82) is 0 Å². The SMILES string of the molecule is C1CC1.O=C(O)N[C@H]1CC[C@@H](n2nncc2-c2ccc(-c3nc4ccccc4o3)cc2)C1. The van der Waals surface area contributed by atoms with Crippen LogP contribution >= 0.6 is 0 Å². The summed E-state index contributed by atoms with van der Waals surface area (Å²) in [6.45, 7) is 0. The number of carboxylic acid groups (broad SMARTS) is 1. The number of rotatable bonds is 4. The van der Waals surface area contributed by atoms with Gasteiger partial charge in [0.2, 0.25) is 5.89 Å². The van der Waals surface area contributed by atoms with E-state index in [1.54, 1.807) is 6.20 Å². The number of hydrogen-bond donors (Lipinski definition) is 2. The second-order valence-corrected chi connectivity index (χ2v) is 8.30. The second kappa shape index (κ2) is 8.82. The Morgan fingerprint density at radius 2 is 1.78 bits per heavy atom. The summed E-state index contributed by atoms with van der Waals surface area (Å²) in [6, 6.07) is 15.7. The third kappa shape index (κ3) is 4.49. The number of nitrogens with one attached hydrogen (secondary N) is 1. The molecule has 0 bridgehead atoms. The van der Waals surface area contributed by atoms with Crippen molar-refractivity contribution in [3.05, 3.63) is 54.7 Å². The molecule has 2 atom stereocenters. The predicted octanol–water partition coefficient (Wildman–Crippen LogP) is 5.28. The fourth-order valence-corrected chi connectivity index (χ4v) is 3.98. The first kappa shape index (κ1) is 20.2. The minimum absolute atomic E-state index is 0.0453. The standard InChI is InChI=1S/C21H19N5O3.C3H6/c27-21(28)23-15-9-10-16(11-15)26-18(12-22-25-26)13-5-7-14(8-6-13)20-24-17-3-1-2-4-19(17)29-20;1-2-3-1/h1-8,12,15-16,23H,9-11H2,(H,27,28);1-3H2/t15-,16+;/m0./s1. The van der Waals surface area contributed by atoms with Crippen molar-refractivity contribution in [1.82, 2.24) is 25.3 Å². The maximum Gasteiger partial charge on any atom is 0.404 e. The van der Waals surface area contributed by atoms with Gasteiger partial charge < -0.3 is 14.8 Å². The van der Waals surface area contributed by atoms with E-state index in [4.69, 9.17) is 9.52 Å². The smallest absolute Gasteiger partial charge is 0.404 e. The van der Waals surface area contributed by atoms with E-state index in [1.165, 1.54) is 19.3 Å². The van der Waals surface area contributed by atoms with Gasteiger partial charge >= 0.3 is 6.09 Å². The summed E-state index contributed by atoms with van der Waals surface area (Å²) in [5.41, 5.74) is 4.40. The van der Waals surface area contributed by atoms with E-state index < -0.39 is 6.09 Å². The number of hydrogen-bond acceptors (Lipinski definition) is 5. The molecule has 0 saturated heterocycles. The van der Waals surface area contributed by atoms with E-state index >= 15 is 0 Å². The van der Waals surface area contributed by atoms with Crippen LogP contribution in [0.4, 0.5) is 4.79 Å². The van der Waals surface area contributed by atoms with Crippen molar-refractivity contribution >= 4 is 17.2 Å². The highest BCUT2D eigenvalue weighted by molar-refractivity contribution is 5.76. The molecule has 0 aliphatic heterocycles. The Labute approximate surface area is 185 Å². The molecule has 0 radical (unpaired) electrons. The van der Waals surface area contributed by atoms with Gasteiger partial charge in [-0.2, -0.15) is 0 Å². The average molecular weight is 431 g/mol. The molecule has 2 heterocycles. The first-order valence-electron chi connectivity index (χ1n) is 11.0. The van der Waals surface area contributed by atoms with E-state index in [9.17, 15) is 4.79 Å². The summed E-state index contributed by atoms with van der Waals surface area (Å²) in [4.78, 5) is 15.4. The lowest BCUT2D eigenvalue weighted by Gasteiger charge is -2.14. The molecule has 32 heavy (non-hydrogen) atoms. The highest BCUT2D eigenvalue weighted by Gasteiger charge is 2.29. The lowest BCUT2D eigenvalue weighted by molar-refractivity contribution is 0.189. The quantitative estimate of drug-likeness (QED) is 0.455. The number of benzene rings is 2. The Balaban J connectivity index is 0.000000666. The topological polar surface area (TPSA) is 106 Å². The molecule has 6 rings (SSSR count). The number of oxazole rings is 1. The van der Waals surface area contributed by atoms with Crippen molar-refractivity contribution in [2.24, 2.45) is 0 Å². The fourth-order valence-electron chi connectivity index (χ4n) is 3.98. The highest BCUT2D eigenvalue weighted by atomic mass is 16.4. The van der Waals surface area contributed by atoms with Crippen molar-refractivity contribution in [2.75, 3.05) is 0 Å². The number of nitrogens with zero attached hydrogens (tertiary/aromatic N) is 4. The average Bonchev–Trinajstić information content (AvgIpc) is 3.30. The van der Waals surface area contributed by atoms with Gasteiger partial charge in [0.15, 0.2) is 5.58 Å². The van der Waals surface area contributed by atoms with Gasteiger partial charge in [-0.1, -0.05) is 48.7 Å². The predicted molar refractivity (Wildman–Crippen MR) is 120 cm³/mol. The van der Waals surface area contributed by atoms with Crippen LogP contribution in [0.5, 0.6) is 0 Å². The zero-order chi connectivity index (χ0) is 21.9. The highest BCUT2D eigenvalue weighted by Crippen LogP contribution is 2.33. The maximum atomic E-state index is 10.9. The molecular weight excluding hydrogens is 406 g/mol. The molecule has 8 nitrogen and oxygen atoms in total. The van der Waals surface area contributed by atoms with Gasteiger partial charge in [-0.05, 0) is 43.5 Å². The van der Waals surface area contributed by atoms with E-state index in [-0.39, 0.29) is 12.1 Å². The Morgan fingerprint density at radius 1 is 1.03 bits per heavy atom. The first-order valence-corrected chi connectivity index (χ1v) is 11.0. The number of carbonyl (C=O) groups is 1. The molecule has 8 heteroatoms. The molecule has 2 N–H and O–H groups in total. The Morgan fingerprint density at radius 3 is 2.50 bits per heavy atom. The molecule has 1 amide bonds. The third-order valence-corrected chi connectivity index (χ3v) is 5.73. The van der Waals surface area contributed by atoms with Crippen LogP contribution in [0.15, 0.2) is 59.1 Å². The van der Waals surface area contributed by atoms with Gasteiger partial charge in [-0.3, -0.25) is 0 Å². The van der Waals surface area contributed by atoms with Crippen molar-refractivity contribution < 1.29 is 14.3 Å². The largest absolute Gasteiger partial charge is 0.465 e. The van der Waals surface area contributed by atoms with Crippen LogP contribution in [0.1, 0.15) is 44.6 Å². The Hall–Kier alpha value is -3.68. The number of para-hydroxylation sites is 2. The summed E-state index contributed by atoms with van der Waals surface area (Å²) >= 11 is 0. The summed E-state index contributed by atoms with van der Waals surface area (Å²) < 4.78 is 7.74. The molecule has 2 aromatic heterocycles. The zero-order valence-electron chi connectivity index (χ0n) is 17.6. The van der Waals surface area contributed by atoms with Crippen LogP contribution < -0.4 is 5.32 Å². The summed E-state index contributed by atoms with van der Waals surface area (Å²) in [5.74, 6) is 0.586. The maximum absolute atomic E-state index is 10.9. The molecule has 4 aromatic rings. The molecular formula is C24H25N5O3. The lowest BCUT2D eigenvalue weighted by Crippen LogP contribution is -2.31. The van der Waals surface area contributed by atoms with Gasteiger partial charge in [-0.25, -0.2) is 14.5 Å². The number of aromatic nitrogens is 4. The van der Waals surface area contributed by atoms with Gasteiger partial charge in [-0.15, -0.1) is 5.10 Å². The molecule has 2 aliphatic carbocycles. The van der Waals surface area contributed by atoms with Crippen LogP contribution in [-0.2, 0) is 0 Å². The second-order valence-electron chi connectivity index (χ2n) is 8.30. The van der Waals surface area contributed by atoms with Gasteiger partial charge in [0.1, 0.15) is 5.52 Å².